The van der Waals surface area contributed by atoms with Crippen molar-refractivity contribution in [3.8, 4) is 6.07 Å². The molecular weight excluding hydrogens is 314 g/mol. The van der Waals surface area contributed by atoms with Crippen LogP contribution in [0.3, 0.4) is 0 Å². The smallest absolute Gasteiger partial charge is 0.159 e. The van der Waals surface area contributed by atoms with Gasteiger partial charge in [-0.25, -0.2) is 0 Å². The number of hydrogen-bond donors (Lipinski definition) is 0. The van der Waals surface area contributed by atoms with Crippen LogP contribution in [0.2, 0.25) is 0 Å². The van der Waals surface area contributed by atoms with E-state index in [1.54, 1.807) is 31.2 Å². The van der Waals surface area contributed by atoms with Crippen LogP contribution in [0.4, 0.5) is 11.4 Å². The summed E-state index contributed by atoms with van der Waals surface area (Å²) in [6.07, 6.45) is 0. The Morgan fingerprint density at radius 3 is 2.20 bits per heavy atom. The fourth-order valence-electron chi connectivity index (χ4n) is 2.67. The molecule has 6 heteroatoms. The maximum absolute atomic E-state index is 11.3. The van der Waals surface area contributed by atoms with Crippen LogP contribution in [0.25, 0.3) is 0 Å². The average molecular weight is 333 g/mol. The average Bonchev–Trinajstić information content (AvgIpc) is 2.67. The van der Waals surface area contributed by atoms with E-state index in [1.165, 1.54) is 0 Å². The summed E-state index contributed by atoms with van der Waals surface area (Å²) in [6.45, 7) is 4.85. The van der Waals surface area contributed by atoms with E-state index in [0.29, 0.717) is 5.56 Å². The number of hydrogen-bond acceptors (Lipinski definition) is 5. The maximum Gasteiger partial charge on any atom is 0.159 e. The standard InChI is InChI=1S/C19H19N5O/c1-15(25)17-4-8-19(9-5-17)23-10-12-24(13-11-23)22-21-18-6-2-16(14-20)3-7-18/h2-9H,10-13H2,1H3. The highest BCUT2D eigenvalue weighted by Gasteiger charge is 2.16. The van der Waals surface area contributed by atoms with Crippen LogP contribution in [0, 0.1) is 11.3 Å². The molecule has 3 rings (SSSR count). The molecule has 0 spiro atoms. The van der Waals surface area contributed by atoms with Crippen molar-refractivity contribution < 1.29 is 4.79 Å². The molecule has 0 aromatic heterocycles. The van der Waals surface area contributed by atoms with E-state index in [9.17, 15) is 4.79 Å². The third-order valence-corrected chi connectivity index (χ3v) is 4.18. The third kappa shape index (κ3) is 4.21. The Kier molecular flexibility index (Phi) is 5.05. The molecule has 0 aliphatic carbocycles. The Bertz CT molecular complexity index is 797. The van der Waals surface area contributed by atoms with Gasteiger partial charge in [-0.2, -0.15) is 5.26 Å². The van der Waals surface area contributed by atoms with E-state index in [1.807, 2.05) is 29.3 Å². The molecule has 0 radical (unpaired) electrons. The van der Waals surface area contributed by atoms with Gasteiger partial charge in [-0.1, -0.05) is 5.22 Å². The van der Waals surface area contributed by atoms with Gasteiger partial charge in [0, 0.05) is 24.3 Å². The summed E-state index contributed by atoms with van der Waals surface area (Å²) in [4.78, 5) is 13.6. The third-order valence-electron chi connectivity index (χ3n) is 4.18. The number of ketones is 1. The lowest BCUT2D eigenvalue weighted by molar-refractivity contribution is 0.101. The van der Waals surface area contributed by atoms with Crippen LogP contribution in [-0.2, 0) is 0 Å². The molecule has 1 heterocycles. The zero-order valence-electron chi connectivity index (χ0n) is 14.1. The molecule has 0 amide bonds. The van der Waals surface area contributed by atoms with E-state index in [4.69, 9.17) is 5.26 Å². The molecular formula is C19H19N5O. The van der Waals surface area contributed by atoms with Crippen molar-refractivity contribution in [1.29, 1.82) is 5.26 Å². The van der Waals surface area contributed by atoms with Crippen molar-refractivity contribution >= 4 is 17.2 Å². The molecule has 1 saturated heterocycles. The lowest BCUT2D eigenvalue weighted by atomic mass is 10.1. The summed E-state index contributed by atoms with van der Waals surface area (Å²) < 4.78 is 0. The molecule has 2 aromatic rings. The topological polar surface area (TPSA) is 72.1 Å². The van der Waals surface area contributed by atoms with Crippen molar-refractivity contribution in [2.24, 2.45) is 10.3 Å². The molecule has 0 saturated carbocycles. The maximum atomic E-state index is 11.3. The van der Waals surface area contributed by atoms with Crippen molar-refractivity contribution in [2.45, 2.75) is 6.92 Å². The SMILES string of the molecule is CC(=O)c1ccc(N2CCN(N=Nc3ccc(C#N)cc3)CC2)cc1. The molecule has 1 aliphatic heterocycles. The van der Waals surface area contributed by atoms with Crippen LogP contribution >= 0.6 is 0 Å². The van der Waals surface area contributed by atoms with Crippen molar-refractivity contribution in [3.05, 3.63) is 59.7 Å². The Morgan fingerprint density at radius 2 is 1.64 bits per heavy atom. The number of Topliss-reactive ketones (excluding diaryl/α,β-unsaturated/α-hetero) is 1. The van der Waals surface area contributed by atoms with Gasteiger partial charge in [0.2, 0.25) is 0 Å². The van der Waals surface area contributed by atoms with Crippen LogP contribution in [-0.4, -0.2) is 37.0 Å². The summed E-state index contributed by atoms with van der Waals surface area (Å²) in [6, 6.07) is 16.8. The van der Waals surface area contributed by atoms with Crippen molar-refractivity contribution in [2.75, 3.05) is 31.1 Å². The summed E-state index contributed by atoms with van der Waals surface area (Å²) in [5.41, 5.74) is 3.21. The van der Waals surface area contributed by atoms with Crippen LogP contribution < -0.4 is 4.90 Å². The minimum Gasteiger partial charge on any atom is -0.368 e. The Balaban J connectivity index is 1.55. The normalized spacial score (nSPS) is 14.6. The molecule has 0 N–H and O–H groups in total. The summed E-state index contributed by atoms with van der Waals surface area (Å²) >= 11 is 0. The fourth-order valence-corrected chi connectivity index (χ4v) is 2.67. The number of nitriles is 1. The van der Waals surface area contributed by atoms with Gasteiger partial charge in [0.05, 0.1) is 30.4 Å². The zero-order valence-corrected chi connectivity index (χ0v) is 14.1. The fraction of sp³-hybridized carbons (Fsp3) is 0.263. The number of benzene rings is 2. The number of piperazine rings is 1. The second-order valence-corrected chi connectivity index (χ2v) is 5.89. The second kappa shape index (κ2) is 7.58. The highest BCUT2D eigenvalue weighted by Crippen LogP contribution is 2.19. The second-order valence-electron chi connectivity index (χ2n) is 5.89. The van der Waals surface area contributed by atoms with Gasteiger partial charge < -0.3 is 4.90 Å². The summed E-state index contributed by atoms with van der Waals surface area (Å²) in [5.74, 6) is 0.0829. The Labute approximate surface area is 147 Å². The first-order chi connectivity index (χ1) is 12.2. The molecule has 0 unspecified atom stereocenters. The van der Waals surface area contributed by atoms with Gasteiger partial charge in [-0.05, 0) is 55.5 Å². The lowest BCUT2D eigenvalue weighted by Gasteiger charge is -2.33. The van der Waals surface area contributed by atoms with E-state index < -0.39 is 0 Å². The number of nitrogens with zero attached hydrogens (tertiary/aromatic N) is 5. The molecule has 2 aromatic carbocycles. The monoisotopic (exact) mass is 333 g/mol. The first kappa shape index (κ1) is 16.7. The Hall–Kier alpha value is -3.20. The van der Waals surface area contributed by atoms with Crippen molar-refractivity contribution in [3.63, 3.8) is 0 Å². The minimum atomic E-state index is 0.0829. The number of carbonyl (C=O) groups excluding carboxylic acids is 1. The van der Waals surface area contributed by atoms with E-state index in [0.717, 1.165) is 43.1 Å². The summed E-state index contributed by atoms with van der Waals surface area (Å²) in [5, 5.41) is 19.2. The van der Waals surface area contributed by atoms with Crippen LogP contribution in [0.5, 0.6) is 0 Å². The Morgan fingerprint density at radius 1 is 1.00 bits per heavy atom. The zero-order chi connectivity index (χ0) is 17.6. The predicted octanol–water partition coefficient (Wildman–Crippen LogP) is 3.58. The first-order valence-corrected chi connectivity index (χ1v) is 8.18. The molecule has 1 fully saturated rings. The minimum absolute atomic E-state index is 0.0829. The van der Waals surface area contributed by atoms with E-state index >= 15 is 0 Å². The molecule has 0 atom stereocenters. The first-order valence-electron chi connectivity index (χ1n) is 8.18. The highest BCUT2D eigenvalue weighted by atomic mass is 16.1. The predicted molar refractivity (Wildman–Crippen MR) is 95.9 cm³/mol. The van der Waals surface area contributed by atoms with Gasteiger partial charge in [0.15, 0.2) is 5.78 Å². The number of carbonyl (C=O) groups is 1. The molecule has 0 bridgehead atoms. The number of anilines is 1. The molecule has 25 heavy (non-hydrogen) atoms. The van der Waals surface area contributed by atoms with Crippen LogP contribution in [0.15, 0.2) is 58.9 Å². The van der Waals surface area contributed by atoms with Gasteiger partial charge >= 0.3 is 0 Å². The number of rotatable bonds is 4. The van der Waals surface area contributed by atoms with Gasteiger partial charge in [0.25, 0.3) is 0 Å². The summed E-state index contributed by atoms with van der Waals surface area (Å²) in [7, 11) is 0. The van der Waals surface area contributed by atoms with Gasteiger partial charge in [0.1, 0.15) is 0 Å². The molecule has 1 aliphatic rings. The largest absolute Gasteiger partial charge is 0.368 e. The van der Waals surface area contributed by atoms with E-state index in [2.05, 4.69) is 21.3 Å². The van der Waals surface area contributed by atoms with Gasteiger partial charge in [-0.15, -0.1) is 5.11 Å². The van der Waals surface area contributed by atoms with Crippen LogP contribution in [0.1, 0.15) is 22.8 Å². The molecule has 6 nitrogen and oxygen atoms in total. The lowest BCUT2D eigenvalue weighted by Crippen LogP contribution is -2.43. The van der Waals surface area contributed by atoms with Gasteiger partial charge in [-0.3, -0.25) is 9.80 Å². The highest BCUT2D eigenvalue weighted by molar-refractivity contribution is 5.94. The van der Waals surface area contributed by atoms with E-state index in [-0.39, 0.29) is 5.78 Å². The van der Waals surface area contributed by atoms with Crippen molar-refractivity contribution in [1.82, 2.24) is 5.01 Å². The molecule has 126 valence electrons. The quantitative estimate of drug-likeness (QED) is 0.633.